The average Bonchev–Trinajstić information content (AvgIpc) is 2.85. The van der Waals surface area contributed by atoms with Crippen LogP contribution >= 0.6 is 0 Å². The molecule has 1 aromatic carbocycles. The van der Waals surface area contributed by atoms with Crippen molar-refractivity contribution in [2.24, 2.45) is 0 Å². The molecule has 6 heteroatoms. The molecule has 3 aliphatic rings. The highest BCUT2D eigenvalue weighted by Gasteiger charge is 2.40. The Morgan fingerprint density at radius 3 is 1.64 bits per heavy atom. The fourth-order valence-electron chi connectivity index (χ4n) is 6.42. The molecule has 33 heavy (non-hydrogen) atoms. The van der Waals surface area contributed by atoms with Crippen LogP contribution in [0.25, 0.3) is 0 Å². The van der Waals surface area contributed by atoms with Crippen molar-refractivity contribution in [3.8, 4) is 11.5 Å². The predicted octanol–water partition coefficient (Wildman–Crippen LogP) is 6.56. The lowest BCUT2D eigenvalue weighted by molar-refractivity contribution is -0.350. The molecular weight excluding hydrogens is 426 g/mol. The first-order valence-corrected chi connectivity index (χ1v) is 12.9. The molecule has 0 aromatic heterocycles. The number of aliphatic carboxylic acids is 1. The Balaban J connectivity index is 1.92. The fourth-order valence-corrected chi connectivity index (χ4v) is 6.42. The summed E-state index contributed by atoms with van der Waals surface area (Å²) in [6.45, 7) is 0. The zero-order valence-electron chi connectivity index (χ0n) is 19.8. The van der Waals surface area contributed by atoms with E-state index in [1.165, 1.54) is 6.42 Å². The molecule has 4 rings (SSSR count). The van der Waals surface area contributed by atoms with Crippen molar-refractivity contribution in [2.45, 2.75) is 120 Å². The standard InChI is InChI=1S/C27H38F2O4/c1-32-24-21(18-11-5-2-6-12-18)17-22(19-13-7-3-8-14-19)25(33-27(28,29)26(30)31)23(24)20-15-9-4-10-16-20/h17-20H,2-16H2,1H3,(H,30,31)/p-1. The minimum atomic E-state index is -4.38. The van der Waals surface area contributed by atoms with Crippen LogP contribution in [-0.2, 0) is 4.79 Å². The average molecular weight is 464 g/mol. The van der Waals surface area contributed by atoms with Crippen LogP contribution in [0.4, 0.5) is 8.78 Å². The predicted molar refractivity (Wildman–Crippen MR) is 121 cm³/mol. The smallest absolute Gasteiger partial charge is 0.441 e. The van der Waals surface area contributed by atoms with Gasteiger partial charge in [-0.05, 0) is 73.5 Å². The highest BCUT2D eigenvalue weighted by molar-refractivity contribution is 5.72. The molecule has 0 amide bonds. The highest BCUT2D eigenvalue weighted by Crippen LogP contribution is 2.53. The zero-order chi connectivity index (χ0) is 23.4. The van der Waals surface area contributed by atoms with Gasteiger partial charge < -0.3 is 19.4 Å². The lowest BCUT2D eigenvalue weighted by atomic mass is 9.74. The molecule has 3 aliphatic carbocycles. The van der Waals surface area contributed by atoms with E-state index in [0.717, 1.165) is 101 Å². The second kappa shape index (κ2) is 10.6. The van der Waals surface area contributed by atoms with Crippen molar-refractivity contribution >= 4 is 5.97 Å². The number of carbonyl (C=O) groups is 1. The monoisotopic (exact) mass is 463 g/mol. The van der Waals surface area contributed by atoms with Gasteiger partial charge in [-0.25, -0.2) is 0 Å². The number of halogens is 2. The van der Waals surface area contributed by atoms with Gasteiger partial charge in [0.05, 0.1) is 7.11 Å². The van der Waals surface area contributed by atoms with Crippen molar-refractivity contribution in [1.29, 1.82) is 0 Å². The molecule has 4 nitrogen and oxygen atoms in total. The normalized spacial score (nSPS) is 21.7. The number of hydrogen-bond acceptors (Lipinski definition) is 4. The van der Waals surface area contributed by atoms with E-state index in [2.05, 4.69) is 0 Å². The summed E-state index contributed by atoms with van der Waals surface area (Å²) in [5, 5.41) is 11.3. The number of benzene rings is 1. The first-order chi connectivity index (χ1) is 15.9. The van der Waals surface area contributed by atoms with Crippen molar-refractivity contribution < 1.29 is 28.2 Å². The summed E-state index contributed by atoms with van der Waals surface area (Å²) >= 11 is 0. The molecule has 0 atom stereocenters. The molecule has 0 saturated heterocycles. The number of carboxylic acid groups (broad SMARTS) is 1. The van der Waals surface area contributed by atoms with E-state index in [9.17, 15) is 18.7 Å². The molecule has 1 aromatic rings. The van der Waals surface area contributed by atoms with E-state index in [1.54, 1.807) is 7.11 Å². The lowest BCUT2D eigenvalue weighted by Crippen LogP contribution is -2.46. The summed E-state index contributed by atoms with van der Waals surface area (Å²) in [5.41, 5.74) is 2.56. The molecule has 0 unspecified atom stereocenters. The number of ether oxygens (including phenoxy) is 2. The summed E-state index contributed by atoms with van der Waals surface area (Å²) < 4.78 is 40.1. The van der Waals surface area contributed by atoms with Gasteiger partial charge in [0.15, 0.2) is 5.97 Å². The molecular formula is C27H37F2O4-. The van der Waals surface area contributed by atoms with E-state index >= 15 is 0 Å². The second-order valence-electron chi connectivity index (χ2n) is 10.2. The highest BCUT2D eigenvalue weighted by atomic mass is 19.3. The molecule has 0 heterocycles. The zero-order valence-corrected chi connectivity index (χ0v) is 19.8. The Morgan fingerprint density at radius 1 is 0.788 bits per heavy atom. The van der Waals surface area contributed by atoms with Gasteiger partial charge in [-0.15, -0.1) is 0 Å². The van der Waals surface area contributed by atoms with Gasteiger partial charge in [0.2, 0.25) is 0 Å². The van der Waals surface area contributed by atoms with E-state index in [1.807, 2.05) is 6.07 Å². The third kappa shape index (κ3) is 5.30. The number of rotatable bonds is 7. The van der Waals surface area contributed by atoms with Crippen LogP contribution in [0.1, 0.15) is 131 Å². The SMILES string of the molecule is COc1c(C2CCCCC2)cc(C2CCCCC2)c(OC(F)(F)C(=O)[O-])c1C1CCCCC1. The third-order valence-corrected chi connectivity index (χ3v) is 8.10. The number of carboxylic acids is 1. The number of hydrogen-bond donors (Lipinski definition) is 0. The van der Waals surface area contributed by atoms with Gasteiger partial charge in [0, 0.05) is 5.56 Å². The third-order valence-electron chi connectivity index (χ3n) is 8.10. The van der Waals surface area contributed by atoms with Crippen LogP contribution in [0, 0.1) is 0 Å². The Labute approximate surface area is 196 Å². The summed E-state index contributed by atoms with van der Waals surface area (Å²) in [6, 6.07) is 2.04. The lowest BCUT2D eigenvalue weighted by Gasteiger charge is -2.35. The Kier molecular flexibility index (Phi) is 7.80. The molecule has 3 saturated carbocycles. The van der Waals surface area contributed by atoms with Gasteiger partial charge in [0.1, 0.15) is 11.5 Å². The Hall–Kier alpha value is -1.85. The number of alkyl halides is 2. The molecule has 0 radical (unpaired) electrons. The quantitative estimate of drug-likeness (QED) is 0.459. The molecule has 0 N–H and O–H groups in total. The van der Waals surface area contributed by atoms with E-state index in [4.69, 9.17) is 9.47 Å². The number of carbonyl (C=O) groups excluding carboxylic acids is 1. The van der Waals surface area contributed by atoms with E-state index < -0.39 is 12.1 Å². The molecule has 0 spiro atoms. The van der Waals surface area contributed by atoms with Crippen LogP contribution in [0.2, 0.25) is 0 Å². The maximum absolute atomic E-state index is 14.5. The van der Waals surface area contributed by atoms with Gasteiger partial charge >= 0.3 is 6.11 Å². The summed E-state index contributed by atoms with van der Waals surface area (Å²) in [5.74, 6) is -1.32. The topological polar surface area (TPSA) is 58.6 Å². The van der Waals surface area contributed by atoms with Crippen LogP contribution in [0.15, 0.2) is 6.07 Å². The van der Waals surface area contributed by atoms with Gasteiger partial charge in [0.25, 0.3) is 0 Å². The first-order valence-electron chi connectivity index (χ1n) is 12.9. The maximum Gasteiger partial charge on any atom is 0.441 e. The van der Waals surface area contributed by atoms with Crippen molar-refractivity contribution in [3.63, 3.8) is 0 Å². The van der Waals surface area contributed by atoms with Crippen molar-refractivity contribution in [2.75, 3.05) is 7.11 Å². The van der Waals surface area contributed by atoms with Crippen LogP contribution in [0.5, 0.6) is 11.5 Å². The minimum Gasteiger partial charge on any atom is -0.541 e. The molecule has 0 bridgehead atoms. The van der Waals surface area contributed by atoms with Crippen LogP contribution < -0.4 is 14.6 Å². The largest absolute Gasteiger partial charge is 0.541 e. The van der Waals surface area contributed by atoms with Gasteiger partial charge in [-0.1, -0.05) is 57.8 Å². The molecule has 184 valence electrons. The first kappa shape index (κ1) is 24.3. The van der Waals surface area contributed by atoms with Crippen molar-refractivity contribution in [3.05, 3.63) is 22.8 Å². The number of methoxy groups -OCH3 is 1. The second-order valence-corrected chi connectivity index (χ2v) is 10.2. The van der Waals surface area contributed by atoms with Crippen molar-refractivity contribution in [1.82, 2.24) is 0 Å². The fraction of sp³-hybridized carbons (Fsp3) is 0.741. The Morgan fingerprint density at radius 2 is 1.21 bits per heavy atom. The summed E-state index contributed by atoms with van der Waals surface area (Å²) in [7, 11) is 1.61. The Bertz CT molecular complexity index is 820. The van der Waals surface area contributed by atoms with E-state index in [0.29, 0.717) is 17.2 Å². The van der Waals surface area contributed by atoms with E-state index in [-0.39, 0.29) is 17.6 Å². The van der Waals surface area contributed by atoms with Crippen LogP contribution in [-0.4, -0.2) is 19.2 Å². The maximum atomic E-state index is 14.5. The van der Waals surface area contributed by atoms with Gasteiger partial charge in [-0.3, -0.25) is 0 Å². The summed E-state index contributed by atoms with van der Waals surface area (Å²) in [4.78, 5) is 11.3. The molecule has 0 aliphatic heterocycles. The van der Waals surface area contributed by atoms with Crippen LogP contribution in [0.3, 0.4) is 0 Å². The van der Waals surface area contributed by atoms with Gasteiger partial charge in [-0.2, -0.15) is 8.78 Å². The summed E-state index contributed by atoms with van der Waals surface area (Å²) in [6.07, 6.45) is 11.3. The minimum absolute atomic E-state index is 0.0344. The molecule has 3 fully saturated rings.